The van der Waals surface area contributed by atoms with E-state index in [1.165, 1.54) is 12.8 Å². The lowest BCUT2D eigenvalue weighted by molar-refractivity contribution is 0.221. The van der Waals surface area contributed by atoms with Crippen molar-refractivity contribution in [3.8, 4) is 0 Å². The molecule has 2 nitrogen and oxygen atoms in total. The summed E-state index contributed by atoms with van der Waals surface area (Å²) in [5.74, 6) is 0.751. The van der Waals surface area contributed by atoms with Gasteiger partial charge in [-0.15, -0.1) is 0 Å². The third-order valence-corrected chi connectivity index (χ3v) is 3.44. The first kappa shape index (κ1) is 8.99. The molecule has 64 valence electrons. The summed E-state index contributed by atoms with van der Waals surface area (Å²) in [7, 11) is 0.140. The Morgan fingerprint density at radius 1 is 1.55 bits per heavy atom. The fourth-order valence-corrected chi connectivity index (χ4v) is 2.96. The van der Waals surface area contributed by atoms with Crippen molar-refractivity contribution in [3.05, 3.63) is 0 Å². The second kappa shape index (κ2) is 4.06. The van der Waals surface area contributed by atoms with Crippen LogP contribution in [0.1, 0.15) is 32.6 Å². The van der Waals surface area contributed by atoms with Crippen molar-refractivity contribution in [3.63, 3.8) is 0 Å². The van der Waals surface area contributed by atoms with Gasteiger partial charge in [0.15, 0.2) is 0 Å². The van der Waals surface area contributed by atoms with Crippen LogP contribution in [0.4, 0.5) is 4.79 Å². The summed E-state index contributed by atoms with van der Waals surface area (Å²) in [5, 5.41) is 8.56. The van der Waals surface area contributed by atoms with Crippen LogP contribution >= 0.6 is 8.58 Å². The van der Waals surface area contributed by atoms with Gasteiger partial charge in [0.1, 0.15) is 0 Å². The maximum atomic E-state index is 10.4. The Balaban J connectivity index is 2.28. The minimum Gasteiger partial charge on any atom is -0.478 e. The summed E-state index contributed by atoms with van der Waals surface area (Å²) in [4.78, 5) is 10.4. The van der Waals surface area contributed by atoms with E-state index in [9.17, 15) is 4.79 Å². The highest BCUT2D eigenvalue weighted by Gasteiger charge is 2.20. The van der Waals surface area contributed by atoms with E-state index in [-0.39, 0.29) is 8.58 Å². The largest absolute Gasteiger partial charge is 0.478 e. The molecule has 0 bridgehead atoms. The SMILES string of the molecule is CC1CCCC(PC(=O)O)C1. The summed E-state index contributed by atoms with van der Waals surface area (Å²) in [6.45, 7) is 2.22. The Bertz CT molecular complexity index is 147. The molecule has 0 heterocycles. The maximum Gasteiger partial charge on any atom is 0.320 e. The van der Waals surface area contributed by atoms with Gasteiger partial charge in [-0.05, 0) is 33.0 Å². The Hall–Kier alpha value is -0.100. The molecule has 1 N–H and O–H groups in total. The predicted octanol–water partition coefficient (Wildman–Crippen LogP) is 2.92. The Morgan fingerprint density at radius 2 is 2.27 bits per heavy atom. The molecular weight excluding hydrogens is 159 g/mol. The molecule has 1 saturated carbocycles. The first-order valence-electron chi connectivity index (χ1n) is 4.18. The maximum absolute atomic E-state index is 10.4. The van der Waals surface area contributed by atoms with Crippen molar-refractivity contribution < 1.29 is 9.90 Å². The lowest BCUT2D eigenvalue weighted by Crippen LogP contribution is -2.15. The predicted molar refractivity (Wildman–Crippen MR) is 47.8 cm³/mol. The summed E-state index contributed by atoms with van der Waals surface area (Å²) < 4.78 is 0. The summed E-state index contributed by atoms with van der Waals surface area (Å²) in [6, 6.07) is 0. The zero-order chi connectivity index (χ0) is 8.27. The lowest BCUT2D eigenvalue weighted by atomic mass is 9.90. The zero-order valence-corrected chi connectivity index (χ0v) is 7.84. The summed E-state index contributed by atoms with van der Waals surface area (Å²) >= 11 is 0. The molecule has 0 spiro atoms. The van der Waals surface area contributed by atoms with Gasteiger partial charge in [0.25, 0.3) is 0 Å². The third kappa shape index (κ3) is 3.20. The lowest BCUT2D eigenvalue weighted by Gasteiger charge is -2.24. The number of hydrogen-bond donors (Lipinski definition) is 1. The van der Waals surface area contributed by atoms with Crippen molar-refractivity contribution in [2.75, 3.05) is 0 Å². The normalized spacial score (nSPS) is 32.8. The average molecular weight is 174 g/mol. The second-order valence-corrected chi connectivity index (χ2v) is 4.95. The number of rotatable bonds is 2. The van der Waals surface area contributed by atoms with Gasteiger partial charge in [0, 0.05) is 0 Å². The Morgan fingerprint density at radius 3 is 2.82 bits per heavy atom. The minimum atomic E-state index is -0.607. The van der Waals surface area contributed by atoms with Crippen LogP contribution in [0, 0.1) is 5.92 Å². The van der Waals surface area contributed by atoms with Crippen LogP contribution in [-0.2, 0) is 0 Å². The fourth-order valence-electron chi connectivity index (χ4n) is 1.74. The fraction of sp³-hybridized carbons (Fsp3) is 0.875. The summed E-state index contributed by atoms with van der Waals surface area (Å²) in [6.07, 6.45) is 4.78. The van der Waals surface area contributed by atoms with Crippen molar-refractivity contribution in [2.24, 2.45) is 5.92 Å². The van der Waals surface area contributed by atoms with Gasteiger partial charge >= 0.3 is 5.71 Å². The Labute approximate surface area is 69.2 Å². The topological polar surface area (TPSA) is 37.3 Å². The minimum absolute atomic E-state index is 0.140. The number of hydrogen-bond acceptors (Lipinski definition) is 1. The van der Waals surface area contributed by atoms with E-state index >= 15 is 0 Å². The van der Waals surface area contributed by atoms with E-state index in [1.807, 2.05) is 0 Å². The van der Waals surface area contributed by atoms with Crippen molar-refractivity contribution in [1.29, 1.82) is 0 Å². The smallest absolute Gasteiger partial charge is 0.320 e. The van der Waals surface area contributed by atoms with Crippen molar-refractivity contribution >= 4 is 14.3 Å². The van der Waals surface area contributed by atoms with Crippen LogP contribution in [0.5, 0.6) is 0 Å². The molecule has 3 heteroatoms. The monoisotopic (exact) mass is 174 g/mol. The average Bonchev–Trinajstić information content (AvgIpc) is 1.85. The molecule has 3 atom stereocenters. The molecule has 11 heavy (non-hydrogen) atoms. The van der Waals surface area contributed by atoms with Crippen LogP contribution in [0.25, 0.3) is 0 Å². The van der Waals surface area contributed by atoms with Crippen LogP contribution < -0.4 is 0 Å². The highest BCUT2D eigenvalue weighted by Crippen LogP contribution is 2.35. The molecule has 0 aliphatic heterocycles. The Kier molecular flexibility index (Phi) is 3.32. The van der Waals surface area contributed by atoms with Gasteiger partial charge in [-0.25, -0.2) is 4.79 Å². The van der Waals surface area contributed by atoms with Crippen LogP contribution in [-0.4, -0.2) is 16.5 Å². The highest BCUT2D eigenvalue weighted by atomic mass is 31.1. The molecule has 0 aromatic rings. The van der Waals surface area contributed by atoms with Gasteiger partial charge in [-0.3, -0.25) is 0 Å². The molecule has 0 aromatic heterocycles. The highest BCUT2D eigenvalue weighted by molar-refractivity contribution is 7.57. The summed E-state index contributed by atoms with van der Waals surface area (Å²) in [5.41, 5.74) is -0.125. The molecule has 1 fully saturated rings. The second-order valence-electron chi connectivity index (χ2n) is 3.42. The molecule has 0 aromatic carbocycles. The van der Waals surface area contributed by atoms with Gasteiger partial charge in [0.05, 0.1) is 0 Å². The molecule has 0 radical (unpaired) electrons. The molecule has 1 rings (SSSR count). The first-order chi connectivity index (χ1) is 5.18. The third-order valence-electron chi connectivity index (χ3n) is 2.26. The van der Waals surface area contributed by atoms with Crippen LogP contribution in [0.2, 0.25) is 0 Å². The molecule has 1 aliphatic rings. The van der Waals surface area contributed by atoms with Gasteiger partial charge < -0.3 is 5.11 Å². The van der Waals surface area contributed by atoms with E-state index in [0.29, 0.717) is 5.66 Å². The number of carbonyl (C=O) groups is 1. The molecular formula is C8H15O2P. The standard InChI is InChI=1S/C8H15O2P/c1-6-3-2-4-7(5-6)11-8(9)10/h6-7,11H,2-5H2,1H3,(H,9,10). The first-order valence-corrected chi connectivity index (χ1v) is 5.25. The molecule has 0 amide bonds. The zero-order valence-electron chi connectivity index (χ0n) is 6.84. The number of carboxylic acid groups (broad SMARTS) is 1. The van der Waals surface area contributed by atoms with Crippen LogP contribution in [0.3, 0.4) is 0 Å². The van der Waals surface area contributed by atoms with Crippen molar-refractivity contribution in [1.82, 2.24) is 0 Å². The van der Waals surface area contributed by atoms with Gasteiger partial charge in [0.2, 0.25) is 0 Å². The van der Waals surface area contributed by atoms with Gasteiger partial charge in [-0.1, -0.05) is 19.8 Å². The van der Waals surface area contributed by atoms with Crippen molar-refractivity contribution in [2.45, 2.75) is 38.3 Å². The van der Waals surface area contributed by atoms with E-state index < -0.39 is 5.71 Å². The molecule has 1 aliphatic carbocycles. The molecule has 3 unspecified atom stereocenters. The van der Waals surface area contributed by atoms with E-state index in [2.05, 4.69) is 6.92 Å². The quantitative estimate of drug-likeness (QED) is 0.653. The van der Waals surface area contributed by atoms with Crippen LogP contribution in [0.15, 0.2) is 0 Å². The van der Waals surface area contributed by atoms with E-state index in [0.717, 1.165) is 18.8 Å². The molecule has 0 saturated heterocycles. The van der Waals surface area contributed by atoms with Gasteiger partial charge in [-0.2, -0.15) is 0 Å². The van der Waals surface area contributed by atoms with E-state index in [4.69, 9.17) is 5.11 Å². The van der Waals surface area contributed by atoms with E-state index in [1.54, 1.807) is 0 Å².